The molecule has 0 aromatic heterocycles. The number of nitro groups is 1. The number of hydrogen-bond donors (Lipinski definition) is 2. The van der Waals surface area contributed by atoms with E-state index in [4.69, 9.17) is 16.3 Å². The molecule has 0 amide bonds. The maximum Gasteiger partial charge on any atom is 0.288 e. The molecule has 1 aliphatic heterocycles. The molecule has 0 spiro atoms. The van der Waals surface area contributed by atoms with Crippen molar-refractivity contribution in [3.05, 3.63) is 38.9 Å². The molecule has 0 bridgehead atoms. The van der Waals surface area contributed by atoms with Crippen LogP contribution in [0.3, 0.4) is 0 Å². The summed E-state index contributed by atoms with van der Waals surface area (Å²) in [5.41, 5.74) is -0.239. The van der Waals surface area contributed by atoms with Gasteiger partial charge in [0.2, 0.25) is 0 Å². The van der Waals surface area contributed by atoms with Gasteiger partial charge in [-0.05, 0) is 18.6 Å². The Morgan fingerprint density at radius 3 is 3.00 bits per heavy atom. The van der Waals surface area contributed by atoms with E-state index in [0.29, 0.717) is 26.1 Å². The highest BCUT2D eigenvalue weighted by Gasteiger charge is 2.38. The van der Waals surface area contributed by atoms with Crippen LogP contribution in [0.25, 0.3) is 0 Å². The van der Waals surface area contributed by atoms with Crippen LogP contribution in [-0.4, -0.2) is 34.9 Å². The highest BCUT2D eigenvalue weighted by Crippen LogP contribution is 2.26. The molecule has 2 N–H and O–H groups in total. The molecule has 20 heavy (non-hydrogen) atoms. The van der Waals surface area contributed by atoms with Crippen molar-refractivity contribution < 1.29 is 14.8 Å². The van der Waals surface area contributed by atoms with E-state index >= 15 is 0 Å². The number of nitrogens with zero attached hydrogens (tertiary/aromatic N) is 1. The molecule has 7 heteroatoms. The molecule has 6 nitrogen and oxygen atoms in total. The number of benzene rings is 1. The third-order valence-corrected chi connectivity index (χ3v) is 3.95. The number of hydrogen-bond acceptors (Lipinski definition) is 5. The third-order valence-electron chi connectivity index (χ3n) is 3.63. The number of aliphatic hydroxyl groups is 1. The monoisotopic (exact) mass is 300 g/mol. The predicted octanol–water partition coefficient (Wildman–Crippen LogP) is 1.88. The summed E-state index contributed by atoms with van der Waals surface area (Å²) in [6, 6.07) is 4.67. The van der Waals surface area contributed by atoms with Gasteiger partial charge in [-0.2, -0.15) is 0 Å². The molecule has 1 saturated heterocycles. The van der Waals surface area contributed by atoms with E-state index in [2.05, 4.69) is 5.32 Å². The van der Waals surface area contributed by atoms with Crippen molar-refractivity contribution in [2.45, 2.75) is 31.6 Å². The smallest absolute Gasteiger partial charge is 0.288 e. The Hall–Kier alpha value is -1.21. The first-order valence-electron chi connectivity index (χ1n) is 6.40. The van der Waals surface area contributed by atoms with Crippen molar-refractivity contribution in [2.75, 3.05) is 13.2 Å². The van der Waals surface area contributed by atoms with E-state index in [1.165, 1.54) is 12.1 Å². The molecule has 110 valence electrons. The summed E-state index contributed by atoms with van der Waals surface area (Å²) in [5, 5.41) is 24.3. The number of halogens is 1. The Labute approximate surface area is 121 Å². The quantitative estimate of drug-likeness (QED) is 0.640. The fraction of sp³-hybridized carbons (Fsp3) is 0.538. The molecule has 0 radical (unpaired) electrons. The number of rotatable bonds is 5. The lowest BCUT2D eigenvalue weighted by Crippen LogP contribution is -2.45. The number of nitro benzene ring substituents is 1. The molecular formula is C13H17ClN2O4. The Morgan fingerprint density at radius 1 is 1.65 bits per heavy atom. The molecule has 1 fully saturated rings. The zero-order valence-corrected chi connectivity index (χ0v) is 11.9. The molecule has 2 rings (SSSR count). The van der Waals surface area contributed by atoms with Gasteiger partial charge in [-0.3, -0.25) is 10.1 Å². The lowest BCUT2D eigenvalue weighted by molar-refractivity contribution is -0.384. The molecule has 1 aliphatic rings. The Kier molecular flexibility index (Phi) is 4.59. The van der Waals surface area contributed by atoms with Crippen molar-refractivity contribution in [1.29, 1.82) is 0 Å². The van der Waals surface area contributed by atoms with Crippen LogP contribution in [0.2, 0.25) is 5.02 Å². The van der Waals surface area contributed by atoms with Gasteiger partial charge in [-0.1, -0.05) is 17.7 Å². The molecule has 0 saturated carbocycles. The van der Waals surface area contributed by atoms with Crippen molar-refractivity contribution >= 4 is 17.3 Å². The third kappa shape index (κ3) is 3.27. The Morgan fingerprint density at radius 2 is 2.40 bits per heavy atom. The van der Waals surface area contributed by atoms with Gasteiger partial charge >= 0.3 is 0 Å². The Bertz CT molecular complexity index is 511. The topological polar surface area (TPSA) is 84.6 Å². The normalized spacial score (nSPS) is 25.9. The van der Waals surface area contributed by atoms with Crippen LogP contribution in [0.5, 0.6) is 0 Å². The fourth-order valence-corrected chi connectivity index (χ4v) is 2.42. The minimum Gasteiger partial charge on any atom is -0.386 e. The average Bonchev–Trinajstić information content (AvgIpc) is 2.71. The van der Waals surface area contributed by atoms with Crippen LogP contribution >= 0.6 is 11.6 Å². The van der Waals surface area contributed by atoms with Crippen LogP contribution < -0.4 is 5.32 Å². The van der Waals surface area contributed by atoms with Gasteiger partial charge in [-0.15, -0.1) is 0 Å². The van der Waals surface area contributed by atoms with Crippen LogP contribution in [-0.2, 0) is 11.3 Å². The second kappa shape index (κ2) is 6.05. The summed E-state index contributed by atoms with van der Waals surface area (Å²) in [4.78, 5) is 10.3. The molecule has 2 atom stereocenters. The summed E-state index contributed by atoms with van der Waals surface area (Å²) < 4.78 is 5.34. The number of ether oxygens (including phenoxy) is 1. The van der Waals surface area contributed by atoms with Crippen molar-refractivity contribution in [3.8, 4) is 0 Å². The van der Waals surface area contributed by atoms with Gasteiger partial charge in [0.15, 0.2) is 0 Å². The molecule has 1 aromatic carbocycles. The SMILES string of the molecule is CC1OCCC1(O)CNCc1ccc(Cl)c([N+](=O)[O-])c1. The van der Waals surface area contributed by atoms with Crippen LogP contribution in [0.1, 0.15) is 18.9 Å². The number of nitrogens with one attached hydrogen (secondary N) is 1. The minimum atomic E-state index is -0.877. The summed E-state index contributed by atoms with van der Waals surface area (Å²) in [6.45, 7) is 3.19. The average molecular weight is 301 g/mol. The van der Waals surface area contributed by atoms with Crippen LogP contribution in [0.15, 0.2) is 18.2 Å². The maximum absolute atomic E-state index is 10.8. The van der Waals surface area contributed by atoms with E-state index in [0.717, 1.165) is 5.56 Å². The molecule has 1 aromatic rings. The van der Waals surface area contributed by atoms with Crippen molar-refractivity contribution in [3.63, 3.8) is 0 Å². The van der Waals surface area contributed by atoms with E-state index in [-0.39, 0.29) is 16.8 Å². The van der Waals surface area contributed by atoms with Gasteiger partial charge in [0.25, 0.3) is 5.69 Å². The zero-order valence-electron chi connectivity index (χ0n) is 11.1. The highest BCUT2D eigenvalue weighted by molar-refractivity contribution is 6.32. The maximum atomic E-state index is 10.8. The fourth-order valence-electron chi connectivity index (χ4n) is 2.23. The summed E-state index contributed by atoms with van der Waals surface area (Å²) in [7, 11) is 0. The molecule has 2 unspecified atom stereocenters. The van der Waals surface area contributed by atoms with E-state index in [1.807, 2.05) is 6.92 Å². The predicted molar refractivity (Wildman–Crippen MR) is 74.8 cm³/mol. The van der Waals surface area contributed by atoms with E-state index in [1.54, 1.807) is 6.07 Å². The molecule has 0 aliphatic carbocycles. The first-order chi connectivity index (χ1) is 9.42. The van der Waals surface area contributed by atoms with Crippen LogP contribution in [0.4, 0.5) is 5.69 Å². The van der Waals surface area contributed by atoms with Gasteiger partial charge in [0.1, 0.15) is 10.6 Å². The second-order valence-corrected chi connectivity index (χ2v) is 5.42. The lowest BCUT2D eigenvalue weighted by atomic mass is 9.96. The molecular weight excluding hydrogens is 284 g/mol. The summed E-state index contributed by atoms with van der Waals surface area (Å²) >= 11 is 5.75. The van der Waals surface area contributed by atoms with Gasteiger partial charge < -0.3 is 15.2 Å². The first kappa shape index (κ1) is 15.2. The summed E-state index contributed by atoms with van der Waals surface area (Å²) in [5.74, 6) is 0. The van der Waals surface area contributed by atoms with E-state index in [9.17, 15) is 15.2 Å². The summed E-state index contributed by atoms with van der Waals surface area (Å²) in [6.07, 6.45) is 0.372. The van der Waals surface area contributed by atoms with Crippen molar-refractivity contribution in [1.82, 2.24) is 5.32 Å². The zero-order chi connectivity index (χ0) is 14.8. The van der Waals surface area contributed by atoms with Gasteiger partial charge in [0.05, 0.1) is 11.0 Å². The van der Waals surface area contributed by atoms with E-state index < -0.39 is 10.5 Å². The molecule has 1 heterocycles. The first-order valence-corrected chi connectivity index (χ1v) is 6.78. The van der Waals surface area contributed by atoms with Gasteiger partial charge in [0, 0.05) is 32.2 Å². The van der Waals surface area contributed by atoms with Gasteiger partial charge in [-0.25, -0.2) is 0 Å². The Balaban J connectivity index is 1.94. The second-order valence-electron chi connectivity index (χ2n) is 5.01. The minimum absolute atomic E-state index is 0.109. The van der Waals surface area contributed by atoms with Crippen molar-refractivity contribution in [2.24, 2.45) is 0 Å². The van der Waals surface area contributed by atoms with Crippen LogP contribution in [0, 0.1) is 10.1 Å². The highest BCUT2D eigenvalue weighted by atomic mass is 35.5. The largest absolute Gasteiger partial charge is 0.386 e. The standard InChI is InChI=1S/C13H17ClN2O4/c1-9-13(17,4-5-20-9)8-15-7-10-2-3-11(14)12(6-10)16(18)19/h2-3,6,9,15,17H,4-5,7-8H2,1H3. The lowest BCUT2D eigenvalue weighted by Gasteiger charge is -2.26.